The topological polar surface area (TPSA) is 53.5 Å². The summed E-state index contributed by atoms with van der Waals surface area (Å²) < 4.78 is 40.6. The van der Waals surface area contributed by atoms with Gasteiger partial charge in [0.1, 0.15) is 0 Å². The first kappa shape index (κ1) is 16.1. The van der Waals surface area contributed by atoms with E-state index in [1.807, 2.05) is 4.90 Å². The number of nitrogens with zero attached hydrogens (tertiary/aromatic N) is 3. The van der Waals surface area contributed by atoms with Gasteiger partial charge in [0, 0.05) is 36.8 Å². The maximum Gasteiger partial charge on any atom is 0.216 e. The molecule has 2 fully saturated rings. The third kappa shape index (κ3) is 3.14. The lowest BCUT2D eigenvalue weighted by atomic mass is 10.1. The fraction of sp³-hybridized carbons (Fsp3) is 0.643. The first-order chi connectivity index (χ1) is 10.4. The van der Waals surface area contributed by atoms with Gasteiger partial charge in [-0.05, 0) is 47.7 Å². The van der Waals surface area contributed by atoms with Gasteiger partial charge in [0.25, 0.3) is 0 Å². The zero-order valence-corrected chi connectivity index (χ0v) is 14.8. The zero-order chi connectivity index (χ0) is 15.9. The lowest BCUT2D eigenvalue weighted by Gasteiger charge is -2.36. The number of anilines is 1. The van der Waals surface area contributed by atoms with Crippen molar-refractivity contribution in [3.05, 3.63) is 22.6 Å². The van der Waals surface area contributed by atoms with Gasteiger partial charge in [-0.1, -0.05) is 0 Å². The van der Waals surface area contributed by atoms with Crippen LogP contribution in [0.25, 0.3) is 0 Å². The monoisotopic (exact) mass is 391 g/mol. The van der Waals surface area contributed by atoms with Crippen LogP contribution in [0.5, 0.6) is 0 Å². The molecule has 0 radical (unpaired) electrons. The molecular formula is C14H19BrFN3O2S. The van der Waals surface area contributed by atoms with Crippen LogP contribution < -0.4 is 4.90 Å². The van der Waals surface area contributed by atoms with E-state index in [0.29, 0.717) is 36.2 Å². The molecule has 5 nitrogen and oxygen atoms in total. The van der Waals surface area contributed by atoms with Gasteiger partial charge in [-0.2, -0.15) is 0 Å². The standard InChI is InChI=1S/C14H19BrFN3O2S/c1-18(22(20,21)12-2-3-12)11-4-6-19(7-5-11)14-13(16)8-10(15)9-17-14/h8-9,11-12H,2-7H2,1H3. The Morgan fingerprint density at radius 3 is 2.50 bits per heavy atom. The lowest BCUT2D eigenvalue weighted by Crippen LogP contribution is -2.46. The molecule has 1 aromatic rings. The maximum absolute atomic E-state index is 14.0. The smallest absolute Gasteiger partial charge is 0.216 e. The van der Waals surface area contributed by atoms with Crippen molar-refractivity contribution in [1.29, 1.82) is 0 Å². The van der Waals surface area contributed by atoms with Gasteiger partial charge in [0.05, 0.1) is 5.25 Å². The van der Waals surface area contributed by atoms with Crippen LogP contribution in [0.3, 0.4) is 0 Å². The van der Waals surface area contributed by atoms with Crippen LogP contribution in [-0.2, 0) is 10.0 Å². The number of rotatable bonds is 4. The normalized spacial score (nSPS) is 20.6. The summed E-state index contributed by atoms with van der Waals surface area (Å²) in [7, 11) is -1.47. The molecule has 0 bridgehead atoms. The van der Waals surface area contributed by atoms with E-state index in [9.17, 15) is 12.8 Å². The van der Waals surface area contributed by atoms with E-state index in [1.165, 1.54) is 10.4 Å². The van der Waals surface area contributed by atoms with Crippen molar-refractivity contribution >= 4 is 31.8 Å². The van der Waals surface area contributed by atoms with Crippen LogP contribution in [-0.4, -0.2) is 49.1 Å². The van der Waals surface area contributed by atoms with E-state index in [1.54, 1.807) is 13.2 Å². The van der Waals surface area contributed by atoms with E-state index >= 15 is 0 Å². The van der Waals surface area contributed by atoms with E-state index < -0.39 is 10.0 Å². The van der Waals surface area contributed by atoms with Crippen molar-refractivity contribution in [2.45, 2.75) is 37.0 Å². The summed E-state index contributed by atoms with van der Waals surface area (Å²) in [6.07, 6.45) is 4.52. The Bertz CT molecular complexity index is 658. The highest BCUT2D eigenvalue weighted by Crippen LogP contribution is 2.33. The van der Waals surface area contributed by atoms with Crippen molar-refractivity contribution in [3.63, 3.8) is 0 Å². The molecule has 8 heteroatoms. The first-order valence-electron chi connectivity index (χ1n) is 7.42. The van der Waals surface area contributed by atoms with Crippen molar-refractivity contribution in [2.24, 2.45) is 0 Å². The highest BCUT2D eigenvalue weighted by Gasteiger charge is 2.41. The fourth-order valence-electron chi connectivity index (χ4n) is 2.89. The van der Waals surface area contributed by atoms with Crippen molar-refractivity contribution in [3.8, 4) is 0 Å². The second kappa shape index (κ2) is 6.05. The average Bonchev–Trinajstić information content (AvgIpc) is 3.32. The van der Waals surface area contributed by atoms with E-state index in [0.717, 1.165) is 12.8 Å². The van der Waals surface area contributed by atoms with Crippen molar-refractivity contribution in [2.75, 3.05) is 25.0 Å². The minimum atomic E-state index is -3.14. The summed E-state index contributed by atoms with van der Waals surface area (Å²) in [6.45, 7) is 1.22. The molecule has 1 aliphatic heterocycles. The Balaban J connectivity index is 1.65. The minimum Gasteiger partial charge on any atom is -0.354 e. The molecule has 1 aliphatic carbocycles. The van der Waals surface area contributed by atoms with Crippen LogP contribution in [0.4, 0.5) is 10.2 Å². The molecule has 0 unspecified atom stereocenters. The molecule has 3 rings (SSSR count). The Morgan fingerprint density at radius 2 is 1.95 bits per heavy atom. The Kier molecular flexibility index (Phi) is 4.44. The van der Waals surface area contributed by atoms with Gasteiger partial charge in [0.15, 0.2) is 11.6 Å². The second-order valence-electron chi connectivity index (χ2n) is 5.94. The summed E-state index contributed by atoms with van der Waals surface area (Å²) in [5, 5.41) is -0.180. The van der Waals surface area contributed by atoms with Gasteiger partial charge in [-0.25, -0.2) is 22.1 Å². The molecule has 2 heterocycles. The maximum atomic E-state index is 14.0. The zero-order valence-electron chi connectivity index (χ0n) is 12.4. The number of hydrogen-bond acceptors (Lipinski definition) is 4. The summed E-state index contributed by atoms with van der Waals surface area (Å²) in [6, 6.07) is 1.40. The third-order valence-electron chi connectivity index (χ3n) is 4.41. The van der Waals surface area contributed by atoms with Gasteiger partial charge < -0.3 is 4.90 Å². The second-order valence-corrected chi connectivity index (χ2v) is 9.13. The predicted molar refractivity (Wildman–Crippen MR) is 86.8 cm³/mol. The van der Waals surface area contributed by atoms with Gasteiger partial charge in [0.2, 0.25) is 10.0 Å². The van der Waals surface area contributed by atoms with Crippen LogP contribution in [0.2, 0.25) is 0 Å². The molecule has 0 spiro atoms. The van der Waals surface area contributed by atoms with Crippen molar-refractivity contribution < 1.29 is 12.8 Å². The summed E-state index contributed by atoms with van der Waals surface area (Å²) in [5.74, 6) is -0.0128. The average molecular weight is 392 g/mol. The molecule has 0 atom stereocenters. The Hall–Kier alpha value is -0.730. The summed E-state index contributed by atoms with van der Waals surface area (Å²) in [4.78, 5) is 6.02. The van der Waals surface area contributed by atoms with E-state index in [-0.39, 0.29) is 17.1 Å². The first-order valence-corrected chi connectivity index (χ1v) is 9.72. The number of halogens is 2. The molecule has 1 saturated heterocycles. The molecular weight excluding hydrogens is 373 g/mol. The Morgan fingerprint density at radius 1 is 1.32 bits per heavy atom. The number of pyridine rings is 1. The molecule has 22 heavy (non-hydrogen) atoms. The predicted octanol–water partition coefficient (Wildman–Crippen LogP) is 2.38. The lowest BCUT2D eigenvalue weighted by molar-refractivity contribution is 0.310. The quantitative estimate of drug-likeness (QED) is 0.790. The SMILES string of the molecule is CN(C1CCN(c2ncc(Br)cc2F)CC1)S(=O)(=O)C1CC1. The van der Waals surface area contributed by atoms with Crippen LogP contribution in [0.1, 0.15) is 25.7 Å². The molecule has 2 aliphatic rings. The Labute approximate surface area is 138 Å². The van der Waals surface area contributed by atoms with Crippen LogP contribution in [0, 0.1) is 5.82 Å². The van der Waals surface area contributed by atoms with Crippen LogP contribution in [0.15, 0.2) is 16.7 Å². The molecule has 0 aromatic carbocycles. The number of piperidine rings is 1. The summed E-state index contributed by atoms with van der Waals surface area (Å²) >= 11 is 3.20. The van der Waals surface area contributed by atoms with Gasteiger partial charge in [-0.3, -0.25) is 0 Å². The van der Waals surface area contributed by atoms with E-state index in [2.05, 4.69) is 20.9 Å². The fourth-order valence-corrected chi connectivity index (χ4v) is 5.02. The number of hydrogen-bond donors (Lipinski definition) is 0. The molecule has 122 valence electrons. The van der Waals surface area contributed by atoms with E-state index in [4.69, 9.17) is 0 Å². The molecule has 1 saturated carbocycles. The number of aromatic nitrogens is 1. The highest BCUT2D eigenvalue weighted by molar-refractivity contribution is 9.10. The van der Waals surface area contributed by atoms with Gasteiger partial charge >= 0.3 is 0 Å². The third-order valence-corrected chi connectivity index (χ3v) is 7.26. The summed E-state index contributed by atoms with van der Waals surface area (Å²) in [5.41, 5.74) is 0. The largest absolute Gasteiger partial charge is 0.354 e. The molecule has 1 aromatic heterocycles. The van der Waals surface area contributed by atoms with Crippen LogP contribution >= 0.6 is 15.9 Å². The van der Waals surface area contributed by atoms with Crippen molar-refractivity contribution in [1.82, 2.24) is 9.29 Å². The highest BCUT2D eigenvalue weighted by atomic mass is 79.9. The molecule has 0 amide bonds. The minimum absolute atomic E-state index is 0.000333. The number of sulfonamides is 1. The molecule has 0 N–H and O–H groups in total. The van der Waals surface area contributed by atoms with Gasteiger partial charge in [-0.15, -0.1) is 0 Å².